The monoisotopic (exact) mass is 1430 g/mol. The molecule has 8 nitrogen and oxygen atoms in total. The van der Waals surface area contributed by atoms with E-state index in [4.69, 9.17) is 23.2 Å². The first-order chi connectivity index (χ1) is 55.4. The van der Waals surface area contributed by atoms with E-state index in [-0.39, 0.29) is 5.92 Å². The maximum atomic E-state index is 6.42. The van der Waals surface area contributed by atoms with Crippen LogP contribution in [0, 0.1) is 0 Å². The minimum Gasteiger partial charge on any atom is -0.456 e. The third-order valence-corrected chi connectivity index (χ3v) is 23.6. The molecule has 24 rings (SSSR count). The van der Waals surface area contributed by atoms with Gasteiger partial charge in [-0.2, -0.15) is 0 Å². The molecular formula is C104H63N5O3. The van der Waals surface area contributed by atoms with E-state index >= 15 is 0 Å². The zero-order chi connectivity index (χ0) is 73.2. The molecule has 7 aromatic heterocycles. The highest BCUT2D eigenvalue weighted by atomic mass is 16.3. The number of allylic oxidation sites excluding steroid dienone is 4. The van der Waals surface area contributed by atoms with E-state index < -0.39 is 0 Å². The topological polar surface area (TPSA) is 80.0 Å². The number of aromatic nitrogens is 5. The molecule has 522 valence electrons. The van der Waals surface area contributed by atoms with Gasteiger partial charge >= 0.3 is 0 Å². The molecule has 7 heterocycles. The van der Waals surface area contributed by atoms with Crippen molar-refractivity contribution in [1.29, 1.82) is 0 Å². The highest BCUT2D eigenvalue weighted by Gasteiger charge is 2.24. The summed E-state index contributed by atoms with van der Waals surface area (Å²) in [5, 5.41) is 14.9. The van der Waals surface area contributed by atoms with Crippen molar-refractivity contribution in [2.75, 3.05) is 0 Å². The number of fused-ring (bicyclic) bond motifs is 19. The second kappa shape index (κ2) is 24.3. The first-order valence-corrected chi connectivity index (χ1v) is 38.3. The van der Waals surface area contributed by atoms with Crippen LogP contribution in [-0.2, 0) is 0 Å². The Balaban J connectivity index is 0.606. The Hall–Kier alpha value is -14.9. The Labute approximate surface area is 641 Å². The molecule has 0 fully saturated rings. The molecule has 0 saturated heterocycles. The second-order valence-electron chi connectivity index (χ2n) is 29.9. The van der Waals surface area contributed by atoms with Crippen LogP contribution in [0.2, 0.25) is 0 Å². The van der Waals surface area contributed by atoms with E-state index in [1.807, 2.05) is 36.4 Å². The molecule has 0 N–H and O–H groups in total. The normalized spacial score (nSPS) is 13.4. The number of para-hydroxylation sites is 6. The minimum absolute atomic E-state index is 0.0645. The van der Waals surface area contributed by atoms with Crippen molar-refractivity contribution >= 4 is 148 Å². The molecular weight excluding hydrogens is 1370 g/mol. The number of nitrogens with zero attached hydrogens (tertiary/aromatic N) is 5. The Kier molecular flexibility index (Phi) is 13.5. The molecule has 0 saturated carbocycles. The molecule has 0 aliphatic heterocycles. The van der Waals surface area contributed by atoms with Crippen molar-refractivity contribution in [3.63, 3.8) is 0 Å². The summed E-state index contributed by atoms with van der Waals surface area (Å²) in [4.78, 5) is 11.3. The molecule has 1 unspecified atom stereocenters. The zero-order valence-electron chi connectivity index (χ0n) is 60.4. The molecule has 8 heteroatoms. The fourth-order valence-electron chi connectivity index (χ4n) is 18.2. The van der Waals surface area contributed by atoms with Crippen LogP contribution in [0.1, 0.15) is 23.6 Å². The van der Waals surface area contributed by atoms with Gasteiger partial charge in [0.1, 0.15) is 33.5 Å². The Morgan fingerprint density at radius 2 is 0.598 bits per heavy atom. The maximum Gasteiger partial charge on any atom is 0.160 e. The molecule has 0 amide bonds. The molecule has 1 aliphatic carbocycles. The summed E-state index contributed by atoms with van der Waals surface area (Å²) < 4.78 is 26.4. The van der Waals surface area contributed by atoms with Crippen LogP contribution in [0.5, 0.6) is 0 Å². The summed E-state index contributed by atoms with van der Waals surface area (Å²) in [6.45, 7) is 0. The fraction of sp³-hybridized carbons (Fsp3) is 0.0192. The average Bonchev–Trinajstić information content (AvgIpc) is 1.62. The average molecular weight is 1430 g/mol. The maximum absolute atomic E-state index is 6.42. The standard InChI is InChI=1S/C104H63N5O3/c1-7-25-91-77(19-1)80-46-37-67(70-40-49-86-83-22-4-10-28-97(83)110-100(86)59-70)56-94(80)107(91)74-44-35-63(36-45-74)62-31-33-64(34-32-62)103-89-55-66(65-15-13-17-75(53-65)108-92-26-8-2-20-78(92)81-47-38-68(57-95(81)108)71-41-50-87-84-23-5-11-29-98(84)111-101(87)60-71)43-52-90(89)105-104(106-103)73-16-14-18-76(54-73)109-93-27-9-3-21-79(93)82-48-39-69(58-96(82)109)72-42-51-88-85-24-6-12-30-99(85)112-102(88)61-72/h1-33,35-61,64H,34H2. The lowest BCUT2D eigenvalue weighted by Crippen LogP contribution is -2.06. The largest absolute Gasteiger partial charge is 0.456 e. The number of hydrogen-bond donors (Lipinski definition) is 0. The van der Waals surface area contributed by atoms with Gasteiger partial charge in [-0.3, -0.25) is 0 Å². The van der Waals surface area contributed by atoms with Gasteiger partial charge in [0.15, 0.2) is 5.82 Å². The summed E-state index contributed by atoms with van der Waals surface area (Å²) in [5.41, 5.74) is 29.3. The number of furan rings is 3. The first-order valence-electron chi connectivity index (χ1n) is 38.3. The quantitative estimate of drug-likeness (QED) is 0.136. The van der Waals surface area contributed by atoms with Crippen LogP contribution in [0.3, 0.4) is 0 Å². The number of rotatable bonds is 10. The van der Waals surface area contributed by atoms with E-state index in [1.54, 1.807) is 0 Å². The highest BCUT2D eigenvalue weighted by Crippen LogP contribution is 2.45. The van der Waals surface area contributed by atoms with Crippen LogP contribution in [0.4, 0.5) is 0 Å². The molecule has 16 aromatic carbocycles. The predicted octanol–water partition coefficient (Wildman–Crippen LogP) is 28.1. The number of benzene rings is 16. The van der Waals surface area contributed by atoms with E-state index in [0.29, 0.717) is 5.82 Å². The van der Waals surface area contributed by atoms with Crippen molar-refractivity contribution < 1.29 is 13.3 Å². The van der Waals surface area contributed by atoms with E-state index in [9.17, 15) is 0 Å². The van der Waals surface area contributed by atoms with Crippen LogP contribution in [0.25, 0.3) is 221 Å². The molecule has 23 aromatic rings. The Morgan fingerprint density at radius 1 is 0.241 bits per heavy atom. The first kappa shape index (κ1) is 62.2. The fourth-order valence-corrected chi connectivity index (χ4v) is 18.2. The summed E-state index contributed by atoms with van der Waals surface area (Å²) in [6, 6.07) is 125. The number of hydrogen-bond acceptors (Lipinski definition) is 5. The van der Waals surface area contributed by atoms with Crippen molar-refractivity contribution in [2.24, 2.45) is 0 Å². The molecule has 1 aliphatic rings. The third-order valence-electron chi connectivity index (χ3n) is 23.6. The van der Waals surface area contributed by atoms with E-state index in [1.165, 1.54) is 37.9 Å². The minimum atomic E-state index is -0.0645. The molecule has 0 radical (unpaired) electrons. The van der Waals surface area contributed by atoms with Gasteiger partial charge in [0.2, 0.25) is 0 Å². The van der Waals surface area contributed by atoms with Crippen LogP contribution >= 0.6 is 0 Å². The predicted molar refractivity (Wildman–Crippen MR) is 462 cm³/mol. The SMILES string of the molecule is C1=CC(c2nc(-c3cccc(-n4c5ccccc5c5ccc(-c6ccc7c(c6)oc6ccccc67)cc54)c3)nc3ccc(-c4cccc(-n5c6ccccc6c6ccc(-c7ccc8c(c7)oc7ccccc78)cc65)c4)cc23)CC=C1c1ccc(-n2c3ccccc3c3ccc(-c4ccc5c(c4)oc4ccccc45)cc32)cc1. The third kappa shape index (κ3) is 9.75. The second-order valence-corrected chi connectivity index (χ2v) is 29.9. The van der Waals surface area contributed by atoms with Gasteiger partial charge in [0.25, 0.3) is 0 Å². The Morgan fingerprint density at radius 3 is 1.06 bits per heavy atom. The smallest absolute Gasteiger partial charge is 0.160 e. The van der Waals surface area contributed by atoms with Crippen molar-refractivity contribution in [2.45, 2.75) is 12.3 Å². The van der Waals surface area contributed by atoms with Crippen molar-refractivity contribution in [1.82, 2.24) is 23.7 Å². The lowest BCUT2D eigenvalue weighted by molar-refractivity contribution is 0.668. The van der Waals surface area contributed by atoms with E-state index in [0.717, 1.165) is 195 Å². The molecule has 1 atom stereocenters. The van der Waals surface area contributed by atoms with Crippen molar-refractivity contribution in [3.8, 4) is 73.0 Å². The van der Waals surface area contributed by atoms with Gasteiger partial charge in [0.05, 0.1) is 44.3 Å². The highest BCUT2D eigenvalue weighted by molar-refractivity contribution is 6.15. The van der Waals surface area contributed by atoms with Gasteiger partial charge in [-0.25, -0.2) is 9.97 Å². The molecule has 112 heavy (non-hydrogen) atoms. The summed E-state index contributed by atoms with van der Waals surface area (Å²) in [5.74, 6) is 0.608. The molecule has 0 bridgehead atoms. The summed E-state index contributed by atoms with van der Waals surface area (Å²) >= 11 is 0. The lowest BCUT2D eigenvalue weighted by Gasteiger charge is -2.20. The van der Waals surface area contributed by atoms with Gasteiger partial charge < -0.3 is 27.0 Å². The summed E-state index contributed by atoms with van der Waals surface area (Å²) in [7, 11) is 0. The van der Waals surface area contributed by atoms with Crippen LogP contribution in [0.15, 0.2) is 377 Å². The van der Waals surface area contributed by atoms with Crippen LogP contribution < -0.4 is 0 Å². The van der Waals surface area contributed by atoms with Gasteiger partial charge in [-0.05, 0) is 202 Å². The van der Waals surface area contributed by atoms with Gasteiger partial charge in [0, 0.05) is 98.6 Å². The lowest BCUT2D eigenvalue weighted by atomic mass is 9.88. The zero-order valence-corrected chi connectivity index (χ0v) is 60.4. The van der Waals surface area contributed by atoms with Crippen molar-refractivity contribution in [3.05, 3.63) is 375 Å². The molecule has 0 spiro atoms. The van der Waals surface area contributed by atoms with E-state index in [2.05, 4.69) is 341 Å². The van der Waals surface area contributed by atoms with Gasteiger partial charge in [-0.1, -0.05) is 224 Å². The van der Waals surface area contributed by atoms with Gasteiger partial charge in [-0.15, -0.1) is 0 Å². The van der Waals surface area contributed by atoms with Crippen LogP contribution in [-0.4, -0.2) is 23.7 Å². The summed E-state index contributed by atoms with van der Waals surface area (Å²) in [6.07, 6.45) is 7.80. The Bertz CT molecular complexity index is 8000.